The van der Waals surface area contributed by atoms with Crippen LogP contribution in [0.15, 0.2) is 17.3 Å². The minimum atomic E-state index is -4.54. The van der Waals surface area contributed by atoms with Gasteiger partial charge >= 0.3 is 6.18 Å². The summed E-state index contributed by atoms with van der Waals surface area (Å²) in [5.41, 5.74) is 1.85. The zero-order chi connectivity index (χ0) is 18.4. The molecule has 0 amide bonds. The van der Waals surface area contributed by atoms with Crippen LogP contribution in [0.3, 0.4) is 0 Å². The predicted octanol–water partition coefficient (Wildman–Crippen LogP) is 3.71. The standard InChI is InChI=1S/C11H7Cl2F3N6OS2/c12-6-1-5(11(14,15)16)2-17-9(6)20-10(24)18-4-19-23-3-7-8(13)25-22-21-7/h1-2,4H,3H2,(H2,17,18,19,20,24). The highest BCUT2D eigenvalue weighted by Gasteiger charge is 2.31. The van der Waals surface area contributed by atoms with E-state index in [1.54, 1.807) is 0 Å². The van der Waals surface area contributed by atoms with Gasteiger partial charge in [-0.05, 0) is 18.3 Å². The Balaban J connectivity index is 1.82. The van der Waals surface area contributed by atoms with Crippen LogP contribution in [-0.2, 0) is 17.6 Å². The Labute approximate surface area is 158 Å². The summed E-state index contributed by atoms with van der Waals surface area (Å²) in [5.74, 6) is -0.0573. The molecule has 2 aromatic heterocycles. The molecular formula is C11H7Cl2F3N6OS2. The van der Waals surface area contributed by atoms with E-state index in [0.29, 0.717) is 16.2 Å². The summed E-state index contributed by atoms with van der Waals surface area (Å²) < 4.78 is 41.6. The number of hydroxylamine groups is 1. The molecule has 2 aromatic rings. The summed E-state index contributed by atoms with van der Waals surface area (Å²) in [4.78, 5) is 12.3. The summed E-state index contributed by atoms with van der Waals surface area (Å²) in [7, 11) is 0. The van der Waals surface area contributed by atoms with Gasteiger partial charge in [-0.2, -0.15) is 13.2 Å². The van der Waals surface area contributed by atoms with Crippen LogP contribution in [0, 0.1) is 0 Å². The maximum Gasteiger partial charge on any atom is 0.417 e. The van der Waals surface area contributed by atoms with E-state index in [4.69, 9.17) is 40.3 Å². The third-order valence-electron chi connectivity index (χ3n) is 2.43. The summed E-state index contributed by atoms with van der Waals surface area (Å²) in [6.45, 7) is 0.0494. The lowest BCUT2D eigenvalue weighted by atomic mass is 10.3. The second-order valence-corrected chi connectivity index (χ2v) is 6.29. The number of pyridine rings is 1. The Kier molecular flexibility index (Phi) is 6.84. The normalized spacial score (nSPS) is 11.7. The van der Waals surface area contributed by atoms with Crippen molar-refractivity contribution >= 4 is 64.2 Å². The van der Waals surface area contributed by atoms with E-state index < -0.39 is 11.7 Å². The number of hydrogen-bond acceptors (Lipinski definition) is 6. The van der Waals surface area contributed by atoms with Crippen molar-refractivity contribution < 1.29 is 18.0 Å². The second-order valence-electron chi connectivity index (χ2n) is 4.14. The number of thiocarbonyl (C=S) groups is 1. The van der Waals surface area contributed by atoms with Crippen LogP contribution in [-0.4, -0.2) is 26.0 Å². The lowest BCUT2D eigenvalue weighted by Gasteiger charge is -2.09. The fourth-order valence-electron chi connectivity index (χ4n) is 1.33. The number of aromatic nitrogens is 3. The highest BCUT2D eigenvalue weighted by Crippen LogP contribution is 2.32. The van der Waals surface area contributed by atoms with Gasteiger partial charge in [0.2, 0.25) is 0 Å². The van der Waals surface area contributed by atoms with Crippen molar-refractivity contribution in [3.63, 3.8) is 0 Å². The van der Waals surface area contributed by atoms with Crippen molar-refractivity contribution in [1.82, 2.24) is 20.1 Å². The van der Waals surface area contributed by atoms with E-state index in [2.05, 4.69) is 30.4 Å². The van der Waals surface area contributed by atoms with Crippen molar-refractivity contribution in [2.75, 3.05) is 5.32 Å². The molecule has 25 heavy (non-hydrogen) atoms. The first-order chi connectivity index (χ1) is 11.8. The van der Waals surface area contributed by atoms with Gasteiger partial charge in [0.05, 0.1) is 10.6 Å². The molecule has 0 spiro atoms. The van der Waals surface area contributed by atoms with E-state index in [1.807, 2.05) is 0 Å². The van der Waals surface area contributed by atoms with Gasteiger partial charge in [-0.1, -0.05) is 27.7 Å². The molecule has 7 nitrogen and oxygen atoms in total. The average Bonchev–Trinajstić information content (AvgIpc) is 2.93. The maximum absolute atomic E-state index is 12.5. The highest BCUT2D eigenvalue weighted by atomic mass is 35.5. The fraction of sp³-hybridized carbons (Fsp3) is 0.182. The monoisotopic (exact) mass is 430 g/mol. The molecule has 2 N–H and O–H groups in total. The van der Waals surface area contributed by atoms with Crippen LogP contribution in [0.1, 0.15) is 11.3 Å². The first-order valence-corrected chi connectivity index (χ1v) is 8.11. The van der Waals surface area contributed by atoms with Crippen molar-refractivity contribution in [2.24, 2.45) is 4.99 Å². The Bertz CT molecular complexity index is 785. The zero-order valence-corrected chi connectivity index (χ0v) is 15.0. The summed E-state index contributed by atoms with van der Waals surface area (Å²) in [6, 6.07) is 0.732. The van der Waals surface area contributed by atoms with E-state index in [0.717, 1.165) is 23.9 Å². The number of halogens is 5. The topological polar surface area (TPSA) is 84.3 Å². The van der Waals surface area contributed by atoms with E-state index in [1.165, 1.54) is 0 Å². The number of alkyl halides is 3. The van der Waals surface area contributed by atoms with Crippen molar-refractivity contribution in [3.8, 4) is 0 Å². The Hall–Kier alpha value is -1.60. The molecule has 0 aliphatic carbocycles. The number of nitrogens with zero attached hydrogens (tertiary/aromatic N) is 4. The molecule has 0 atom stereocenters. The lowest BCUT2D eigenvalue weighted by Crippen LogP contribution is -2.16. The van der Waals surface area contributed by atoms with Crippen molar-refractivity contribution in [1.29, 1.82) is 0 Å². The van der Waals surface area contributed by atoms with Crippen LogP contribution in [0.5, 0.6) is 0 Å². The molecule has 0 saturated carbocycles. The number of anilines is 1. The van der Waals surface area contributed by atoms with Gasteiger partial charge in [-0.3, -0.25) is 10.3 Å². The van der Waals surface area contributed by atoms with Crippen LogP contribution in [0.4, 0.5) is 19.0 Å². The van der Waals surface area contributed by atoms with Crippen molar-refractivity contribution in [2.45, 2.75) is 12.8 Å². The molecule has 0 saturated heterocycles. The van der Waals surface area contributed by atoms with Gasteiger partial charge in [-0.25, -0.2) is 9.98 Å². The van der Waals surface area contributed by atoms with Crippen molar-refractivity contribution in [3.05, 3.63) is 32.9 Å². The van der Waals surface area contributed by atoms with Crippen LogP contribution in [0.25, 0.3) is 0 Å². The summed E-state index contributed by atoms with van der Waals surface area (Å²) in [5, 5.41) is 5.87. The van der Waals surface area contributed by atoms with Gasteiger partial charge in [0.1, 0.15) is 23.0 Å². The molecule has 0 unspecified atom stereocenters. The number of hydrogen-bond donors (Lipinski definition) is 2. The zero-order valence-electron chi connectivity index (χ0n) is 11.8. The summed E-state index contributed by atoms with van der Waals surface area (Å²) in [6.07, 6.45) is -2.79. The summed E-state index contributed by atoms with van der Waals surface area (Å²) >= 11 is 17.4. The third kappa shape index (κ3) is 6.01. The largest absolute Gasteiger partial charge is 0.417 e. The molecule has 2 heterocycles. The molecule has 0 aromatic carbocycles. The second kappa shape index (κ2) is 8.67. The fourth-order valence-corrected chi connectivity index (χ4v) is 2.30. The lowest BCUT2D eigenvalue weighted by molar-refractivity contribution is -0.137. The Morgan fingerprint density at radius 1 is 1.44 bits per heavy atom. The molecule has 2 rings (SSSR count). The molecule has 0 radical (unpaired) electrons. The number of aliphatic imine (C=N–C) groups is 1. The van der Waals surface area contributed by atoms with E-state index >= 15 is 0 Å². The van der Waals surface area contributed by atoms with Crippen LogP contribution >= 0.6 is 47.0 Å². The first kappa shape index (κ1) is 19.7. The van der Waals surface area contributed by atoms with Gasteiger partial charge < -0.3 is 5.32 Å². The molecule has 0 aliphatic heterocycles. The van der Waals surface area contributed by atoms with E-state index in [-0.39, 0.29) is 22.6 Å². The smallest absolute Gasteiger partial charge is 0.314 e. The molecule has 0 fully saturated rings. The predicted molar refractivity (Wildman–Crippen MR) is 91.8 cm³/mol. The van der Waals surface area contributed by atoms with Gasteiger partial charge in [0.15, 0.2) is 10.9 Å². The minimum Gasteiger partial charge on any atom is -0.314 e. The first-order valence-electron chi connectivity index (χ1n) is 6.17. The molecule has 14 heteroatoms. The van der Waals surface area contributed by atoms with Crippen LogP contribution in [0.2, 0.25) is 9.36 Å². The molecular weight excluding hydrogens is 424 g/mol. The maximum atomic E-state index is 12.5. The Morgan fingerprint density at radius 2 is 2.20 bits per heavy atom. The van der Waals surface area contributed by atoms with Gasteiger partial charge in [0, 0.05) is 17.7 Å². The molecule has 0 bridgehead atoms. The molecule has 0 aliphatic rings. The third-order valence-corrected chi connectivity index (χ3v) is 3.91. The van der Waals surface area contributed by atoms with Crippen LogP contribution < -0.4 is 10.8 Å². The number of nitrogens with one attached hydrogen (secondary N) is 2. The SMILES string of the molecule is FC(F)(F)c1cnc(NC(=S)N=CNOCc2nnsc2Cl)c(Cl)c1. The quantitative estimate of drug-likeness (QED) is 0.246. The molecule has 134 valence electrons. The van der Waals surface area contributed by atoms with E-state index in [9.17, 15) is 13.2 Å². The average molecular weight is 431 g/mol. The van der Waals surface area contributed by atoms with Gasteiger partial charge in [-0.15, -0.1) is 5.10 Å². The Morgan fingerprint density at radius 3 is 2.80 bits per heavy atom. The highest BCUT2D eigenvalue weighted by molar-refractivity contribution is 7.80. The number of rotatable bonds is 5. The van der Waals surface area contributed by atoms with Gasteiger partial charge in [0.25, 0.3) is 0 Å². The minimum absolute atomic E-state index is 0.0494.